The molecular weight excluding hydrogens is 302 g/mol. The minimum atomic E-state index is -1.22. The van der Waals surface area contributed by atoms with Gasteiger partial charge in [0.2, 0.25) is 0 Å². The lowest BCUT2D eigenvalue weighted by Crippen LogP contribution is -2.42. The van der Waals surface area contributed by atoms with Crippen molar-refractivity contribution in [3.63, 3.8) is 0 Å². The van der Waals surface area contributed by atoms with Gasteiger partial charge in [-0.3, -0.25) is 9.48 Å². The van der Waals surface area contributed by atoms with Crippen LogP contribution in [0.4, 0.5) is 4.79 Å². The van der Waals surface area contributed by atoms with E-state index in [1.54, 1.807) is 4.90 Å². The van der Waals surface area contributed by atoms with Crippen LogP contribution in [-0.4, -0.2) is 56.8 Å². The van der Waals surface area contributed by atoms with Crippen molar-refractivity contribution in [2.75, 3.05) is 13.1 Å². The average Bonchev–Trinajstić information content (AvgIpc) is 2.90. The number of likely N-dealkylation sites (tertiary alicyclic amines) is 1. The van der Waals surface area contributed by atoms with E-state index in [9.17, 15) is 14.4 Å². The molecule has 0 unspecified atom stereocenters. The molecule has 0 atom stereocenters. The number of aldehydes is 1. The van der Waals surface area contributed by atoms with Gasteiger partial charge < -0.3 is 14.7 Å². The monoisotopic (exact) mass is 323 g/mol. The van der Waals surface area contributed by atoms with E-state index in [0.717, 1.165) is 0 Å². The van der Waals surface area contributed by atoms with Crippen molar-refractivity contribution in [1.29, 1.82) is 0 Å². The maximum Gasteiger partial charge on any atom is 0.410 e. The zero-order chi connectivity index (χ0) is 17.2. The Morgan fingerprint density at radius 1 is 1.35 bits per heavy atom. The highest BCUT2D eigenvalue weighted by Gasteiger charge is 2.28. The molecule has 8 heteroatoms. The van der Waals surface area contributed by atoms with Gasteiger partial charge in [-0.1, -0.05) is 0 Å². The van der Waals surface area contributed by atoms with Crippen molar-refractivity contribution in [3.8, 4) is 0 Å². The molecule has 1 amide bonds. The molecule has 1 N–H and O–H groups in total. The van der Waals surface area contributed by atoms with Gasteiger partial charge in [-0.15, -0.1) is 0 Å². The minimum Gasteiger partial charge on any atom is -0.476 e. The number of carboxylic acids is 1. The lowest BCUT2D eigenvalue weighted by atomic mass is 10.1. The highest BCUT2D eigenvalue weighted by molar-refractivity contribution is 5.95. The quantitative estimate of drug-likeness (QED) is 0.853. The Balaban J connectivity index is 2.01. The zero-order valence-electron chi connectivity index (χ0n) is 13.5. The maximum absolute atomic E-state index is 12.0. The van der Waals surface area contributed by atoms with Gasteiger partial charge in [-0.05, 0) is 33.6 Å². The molecule has 1 fully saturated rings. The fourth-order valence-corrected chi connectivity index (χ4v) is 2.48. The number of rotatable bonds is 3. The smallest absolute Gasteiger partial charge is 0.410 e. The second-order valence-electron chi connectivity index (χ2n) is 6.53. The van der Waals surface area contributed by atoms with E-state index in [1.807, 2.05) is 20.8 Å². The molecule has 0 spiro atoms. The molecule has 1 aliphatic rings. The molecule has 1 aliphatic heterocycles. The minimum absolute atomic E-state index is 0.0412. The van der Waals surface area contributed by atoms with E-state index in [1.165, 1.54) is 10.9 Å². The van der Waals surface area contributed by atoms with Gasteiger partial charge in [0, 0.05) is 19.3 Å². The van der Waals surface area contributed by atoms with Crippen molar-refractivity contribution in [3.05, 3.63) is 17.5 Å². The fourth-order valence-electron chi connectivity index (χ4n) is 2.48. The molecule has 0 bridgehead atoms. The van der Waals surface area contributed by atoms with Gasteiger partial charge in [0.05, 0.1) is 11.6 Å². The Labute approximate surface area is 134 Å². The van der Waals surface area contributed by atoms with Gasteiger partial charge in [0.1, 0.15) is 5.60 Å². The zero-order valence-corrected chi connectivity index (χ0v) is 13.5. The van der Waals surface area contributed by atoms with E-state index in [2.05, 4.69) is 5.10 Å². The van der Waals surface area contributed by atoms with E-state index >= 15 is 0 Å². The highest BCUT2D eigenvalue weighted by atomic mass is 16.6. The molecule has 8 nitrogen and oxygen atoms in total. The standard InChI is InChI=1S/C15H21N3O5/c1-15(2,3)23-14(22)17-6-4-11(5-7-17)18-8-10(9-19)12(16-18)13(20)21/h8-9,11H,4-7H2,1-3H3,(H,20,21). The number of carboxylic acid groups (broad SMARTS) is 1. The first kappa shape index (κ1) is 17.0. The van der Waals surface area contributed by atoms with E-state index in [0.29, 0.717) is 32.2 Å². The summed E-state index contributed by atoms with van der Waals surface area (Å²) < 4.78 is 6.84. The SMILES string of the molecule is CC(C)(C)OC(=O)N1CCC(n2cc(C=O)c(C(=O)O)n2)CC1. The molecule has 23 heavy (non-hydrogen) atoms. The number of amides is 1. The predicted octanol–water partition coefficient (Wildman–Crippen LogP) is 1.97. The van der Waals surface area contributed by atoms with Crippen molar-refractivity contribution in [2.45, 2.75) is 45.3 Å². The summed E-state index contributed by atoms with van der Waals surface area (Å²) in [4.78, 5) is 35.6. The summed E-state index contributed by atoms with van der Waals surface area (Å²) in [6, 6.07) is -0.0412. The maximum atomic E-state index is 12.0. The molecule has 1 aromatic rings. The average molecular weight is 323 g/mol. The first-order chi connectivity index (χ1) is 10.7. The normalized spacial score (nSPS) is 16.2. The lowest BCUT2D eigenvalue weighted by molar-refractivity contribution is 0.0184. The summed E-state index contributed by atoms with van der Waals surface area (Å²) in [5.74, 6) is -1.22. The van der Waals surface area contributed by atoms with Crippen LogP contribution < -0.4 is 0 Å². The number of piperidine rings is 1. The Kier molecular flexibility index (Phi) is 4.72. The van der Waals surface area contributed by atoms with Crippen LogP contribution in [0.25, 0.3) is 0 Å². The Morgan fingerprint density at radius 2 is 1.96 bits per heavy atom. The van der Waals surface area contributed by atoms with E-state index in [4.69, 9.17) is 9.84 Å². The van der Waals surface area contributed by atoms with Crippen molar-refractivity contribution >= 4 is 18.3 Å². The largest absolute Gasteiger partial charge is 0.476 e. The number of carbonyl (C=O) groups is 3. The summed E-state index contributed by atoms with van der Waals surface area (Å²) >= 11 is 0. The van der Waals surface area contributed by atoms with Crippen LogP contribution in [0.5, 0.6) is 0 Å². The summed E-state index contributed by atoms with van der Waals surface area (Å²) in [6.45, 7) is 6.44. The molecular formula is C15H21N3O5. The number of nitrogens with zero attached hydrogens (tertiary/aromatic N) is 3. The van der Waals surface area contributed by atoms with Gasteiger partial charge in [0.15, 0.2) is 12.0 Å². The first-order valence-corrected chi connectivity index (χ1v) is 7.47. The number of hydrogen-bond acceptors (Lipinski definition) is 5. The number of ether oxygens (including phenoxy) is 1. The van der Waals surface area contributed by atoms with Crippen LogP contribution in [-0.2, 0) is 4.74 Å². The van der Waals surface area contributed by atoms with Crippen LogP contribution in [0.2, 0.25) is 0 Å². The molecule has 0 aromatic carbocycles. The highest BCUT2D eigenvalue weighted by Crippen LogP contribution is 2.24. The second kappa shape index (κ2) is 6.39. The molecule has 0 aliphatic carbocycles. The second-order valence-corrected chi connectivity index (χ2v) is 6.53. The summed E-state index contributed by atoms with van der Waals surface area (Å²) in [5.41, 5.74) is -0.716. The number of aromatic nitrogens is 2. The van der Waals surface area contributed by atoms with Gasteiger partial charge in [0.25, 0.3) is 0 Å². The van der Waals surface area contributed by atoms with Crippen LogP contribution in [0.1, 0.15) is 60.5 Å². The van der Waals surface area contributed by atoms with Crippen molar-refractivity contribution in [1.82, 2.24) is 14.7 Å². The van der Waals surface area contributed by atoms with Gasteiger partial charge in [-0.25, -0.2) is 9.59 Å². The topological polar surface area (TPSA) is 102 Å². The van der Waals surface area contributed by atoms with Gasteiger partial charge in [-0.2, -0.15) is 5.10 Å². The van der Waals surface area contributed by atoms with E-state index in [-0.39, 0.29) is 23.4 Å². The number of carbonyl (C=O) groups excluding carboxylic acids is 2. The van der Waals surface area contributed by atoms with Crippen molar-refractivity contribution in [2.24, 2.45) is 0 Å². The number of aromatic carboxylic acids is 1. The van der Waals surface area contributed by atoms with Crippen LogP contribution in [0.3, 0.4) is 0 Å². The Bertz CT molecular complexity index is 609. The van der Waals surface area contributed by atoms with Crippen molar-refractivity contribution < 1.29 is 24.2 Å². The summed E-state index contributed by atoms with van der Waals surface area (Å²) in [6.07, 6.45) is 2.83. The lowest BCUT2D eigenvalue weighted by Gasteiger charge is -2.33. The summed E-state index contributed by atoms with van der Waals surface area (Å²) in [5, 5.41) is 13.0. The molecule has 1 saturated heterocycles. The third-order valence-corrected chi connectivity index (χ3v) is 3.58. The molecule has 126 valence electrons. The van der Waals surface area contributed by atoms with Crippen LogP contribution in [0, 0.1) is 0 Å². The Morgan fingerprint density at radius 3 is 2.39 bits per heavy atom. The van der Waals surface area contributed by atoms with E-state index < -0.39 is 11.6 Å². The fraction of sp³-hybridized carbons (Fsp3) is 0.600. The van der Waals surface area contributed by atoms with Gasteiger partial charge >= 0.3 is 12.1 Å². The van der Waals surface area contributed by atoms with Crippen LogP contribution >= 0.6 is 0 Å². The molecule has 0 radical (unpaired) electrons. The predicted molar refractivity (Wildman–Crippen MR) is 80.7 cm³/mol. The molecule has 1 aromatic heterocycles. The molecule has 2 heterocycles. The molecule has 2 rings (SSSR count). The first-order valence-electron chi connectivity index (χ1n) is 7.47. The van der Waals surface area contributed by atoms with Crippen LogP contribution in [0.15, 0.2) is 6.20 Å². The molecule has 0 saturated carbocycles. The Hall–Kier alpha value is -2.38. The third-order valence-electron chi connectivity index (χ3n) is 3.58. The number of hydrogen-bond donors (Lipinski definition) is 1. The summed E-state index contributed by atoms with van der Waals surface area (Å²) in [7, 11) is 0. The third kappa shape index (κ3) is 4.08.